The van der Waals surface area contributed by atoms with E-state index >= 15 is 0 Å². The van der Waals surface area contributed by atoms with Crippen LogP contribution in [-0.4, -0.2) is 27.0 Å². The number of halogens is 1. The van der Waals surface area contributed by atoms with E-state index in [1.807, 2.05) is 24.3 Å². The van der Waals surface area contributed by atoms with Gasteiger partial charge in [0.05, 0.1) is 12.4 Å². The van der Waals surface area contributed by atoms with Crippen LogP contribution in [0, 0.1) is 0 Å². The summed E-state index contributed by atoms with van der Waals surface area (Å²) in [6, 6.07) is 7.47. The van der Waals surface area contributed by atoms with Crippen LogP contribution in [0.15, 0.2) is 24.3 Å². The highest BCUT2D eigenvalue weighted by Gasteiger charge is 2.15. The van der Waals surface area contributed by atoms with Gasteiger partial charge in [0.1, 0.15) is 5.75 Å². The largest absolute Gasteiger partial charge is 0.497 e. The molecule has 0 radical (unpaired) electrons. The molecule has 0 saturated heterocycles. The van der Waals surface area contributed by atoms with Gasteiger partial charge in [0.15, 0.2) is 11.1 Å². The molecule has 0 fully saturated rings. The van der Waals surface area contributed by atoms with Crippen molar-refractivity contribution in [3.8, 4) is 5.75 Å². The highest BCUT2D eigenvalue weighted by Crippen LogP contribution is 2.15. The van der Waals surface area contributed by atoms with E-state index in [0.29, 0.717) is 18.7 Å². The SMILES string of the molecule is COc1ccc(CC(CCCl)S(=O)O)cc1. The zero-order valence-corrected chi connectivity index (χ0v) is 10.6. The van der Waals surface area contributed by atoms with Gasteiger partial charge in [-0.15, -0.1) is 11.6 Å². The van der Waals surface area contributed by atoms with E-state index in [1.165, 1.54) is 0 Å². The van der Waals surface area contributed by atoms with Crippen molar-refractivity contribution in [2.75, 3.05) is 13.0 Å². The molecule has 0 spiro atoms. The molecule has 1 rings (SSSR count). The fourth-order valence-electron chi connectivity index (χ4n) is 1.42. The molecular formula is C11H15ClO3S. The standard InChI is InChI=1S/C11H15ClO3S/c1-15-10-4-2-9(3-5-10)8-11(6-7-12)16(13)14/h2-5,11H,6-8H2,1H3,(H,13,14). The zero-order chi connectivity index (χ0) is 12.0. The number of alkyl halides is 1. The smallest absolute Gasteiger partial charge is 0.156 e. The summed E-state index contributed by atoms with van der Waals surface area (Å²) < 4.78 is 25.2. The minimum Gasteiger partial charge on any atom is -0.497 e. The first-order valence-corrected chi connectivity index (χ1v) is 6.66. The van der Waals surface area contributed by atoms with Crippen LogP contribution in [0.3, 0.4) is 0 Å². The Morgan fingerprint density at radius 3 is 2.50 bits per heavy atom. The Labute approximate surface area is 103 Å². The summed E-state index contributed by atoms with van der Waals surface area (Å²) in [4.78, 5) is 0. The van der Waals surface area contributed by atoms with E-state index in [4.69, 9.17) is 20.9 Å². The molecule has 1 aromatic carbocycles. The predicted octanol–water partition coefficient (Wildman–Crippen LogP) is 2.46. The monoisotopic (exact) mass is 262 g/mol. The predicted molar refractivity (Wildman–Crippen MR) is 66.6 cm³/mol. The first-order valence-electron chi connectivity index (χ1n) is 4.96. The van der Waals surface area contributed by atoms with Crippen LogP contribution in [0.25, 0.3) is 0 Å². The summed E-state index contributed by atoms with van der Waals surface area (Å²) >= 11 is 3.76. The molecule has 0 aliphatic heterocycles. The van der Waals surface area contributed by atoms with Crippen LogP contribution in [0.4, 0.5) is 0 Å². The lowest BCUT2D eigenvalue weighted by Crippen LogP contribution is -2.18. The number of methoxy groups -OCH3 is 1. The summed E-state index contributed by atoms with van der Waals surface area (Å²) in [7, 11) is 1.61. The van der Waals surface area contributed by atoms with Crippen LogP contribution in [0.1, 0.15) is 12.0 Å². The summed E-state index contributed by atoms with van der Waals surface area (Å²) in [5.41, 5.74) is 1.01. The van der Waals surface area contributed by atoms with Crippen LogP contribution in [-0.2, 0) is 17.5 Å². The molecule has 5 heteroatoms. The Hall–Kier alpha value is -0.580. The molecule has 0 bridgehead atoms. The second-order valence-corrected chi connectivity index (χ2v) is 5.03. The second-order valence-electron chi connectivity index (χ2n) is 3.43. The van der Waals surface area contributed by atoms with Gasteiger partial charge in [-0.3, -0.25) is 0 Å². The molecule has 2 unspecified atom stereocenters. The second kappa shape index (κ2) is 6.89. The molecule has 90 valence electrons. The summed E-state index contributed by atoms with van der Waals surface area (Å²) in [5, 5.41) is -0.300. The van der Waals surface area contributed by atoms with Crippen LogP contribution < -0.4 is 4.74 Å². The molecule has 0 aliphatic rings. The van der Waals surface area contributed by atoms with Gasteiger partial charge in [-0.25, -0.2) is 4.21 Å². The summed E-state index contributed by atoms with van der Waals surface area (Å²) in [5.74, 6) is 1.18. The Morgan fingerprint density at radius 1 is 1.44 bits per heavy atom. The molecule has 3 nitrogen and oxygen atoms in total. The van der Waals surface area contributed by atoms with Crippen molar-refractivity contribution in [1.82, 2.24) is 0 Å². The van der Waals surface area contributed by atoms with Gasteiger partial charge in [-0.2, -0.15) is 0 Å². The van der Waals surface area contributed by atoms with Gasteiger partial charge in [0.25, 0.3) is 0 Å². The minimum absolute atomic E-state index is 0.300. The maximum Gasteiger partial charge on any atom is 0.156 e. The quantitative estimate of drug-likeness (QED) is 0.633. The van der Waals surface area contributed by atoms with Gasteiger partial charge in [-0.05, 0) is 30.5 Å². The average Bonchev–Trinajstić information content (AvgIpc) is 2.29. The zero-order valence-electron chi connectivity index (χ0n) is 9.06. The highest BCUT2D eigenvalue weighted by molar-refractivity contribution is 7.79. The topological polar surface area (TPSA) is 46.5 Å². The van der Waals surface area contributed by atoms with E-state index in [9.17, 15) is 4.21 Å². The molecule has 0 amide bonds. The third-order valence-electron chi connectivity index (χ3n) is 2.34. The Bertz CT molecular complexity index is 340. The van der Waals surface area contributed by atoms with Crippen molar-refractivity contribution in [2.45, 2.75) is 18.1 Å². The normalized spacial score (nSPS) is 14.4. The van der Waals surface area contributed by atoms with Crippen molar-refractivity contribution in [2.24, 2.45) is 0 Å². The molecule has 0 saturated carbocycles. The first kappa shape index (κ1) is 13.5. The molecule has 2 atom stereocenters. The van der Waals surface area contributed by atoms with E-state index in [2.05, 4.69) is 0 Å². The molecule has 16 heavy (non-hydrogen) atoms. The lowest BCUT2D eigenvalue weighted by molar-refractivity contribution is 0.414. The Balaban J connectivity index is 2.65. The molecule has 0 aliphatic carbocycles. The van der Waals surface area contributed by atoms with Gasteiger partial charge in [0.2, 0.25) is 0 Å². The summed E-state index contributed by atoms with van der Waals surface area (Å²) in [6.45, 7) is 0. The van der Waals surface area contributed by atoms with E-state index in [1.54, 1.807) is 7.11 Å². The Morgan fingerprint density at radius 2 is 2.06 bits per heavy atom. The molecule has 0 aromatic heterocycles. The lowest BCUT2D eigenvalue weighted by atomic mass is 10.1. The maximum absolute atomic E-state index is 11.0. The van der Waals surface area contributed by atoms with Crippen LogP contribution in [0.2, 0.25) is 0 Å². The van der Waals surface area contributed by atoms with E-state index < -0.39 is 11.1 Å². The van der Waals surface area contributed by atoms with Gasteiger partial charge in [-0.1, -0.05) is 12.1 Å². The number of ether oxygens (including phenoxy) is 1. The molecular weight excluding hydrogens is 248 g/mol. The van der Waals surface area contributed by atoms with Crippen molar-refractivity contribution in [1.29, 1.82) is 0 Å². The van der Waals surface area contributed by atoms with Gasteiger partial charge >= 0.3 is 0 Å². The van der Waals surface area contributed by atoms with Gasteiger partial charge < -0.3 is 9.29 Å². The van der Waals surface area contributed by atoms with Crippen LogP contribution in [0.5, 0.6) is 5.75 Å². The number of benzene rings is 1. The molecule has 0 heterocycles. The van der Waals surface area contributed by atoms with Crippen LogP contribution >= 0.6 is 11.6 Å². The number of rotatable bonds is 6. The Kier molecular flexibility index (Phi) is 5.80. The van der Waals surface area contributed by atoms with Crippen molar-refractivity contribution >= 4 is 22.7 Å². The van der Waals surface area contributed by atoms with Crippen molar-refractivity contribution < 1.29 is 13.5 Å². The molecule has 1 aromatic rings. The number of hydrogen-bond acceptors (Lipinski definition) is 2. The van der Waals surface area contributed by atoms with E-state index in [-0.39, 0.29) is 5.25 Å². The maximum atomic E-state index is 11.0. The lowest BCUT2D eigenvalue weighted by Gasteiger charge is -2.11. The average molecular weight is 263 g/mol. The van der Waals surface area contributed by atoms with Gasteiger partial charge in [0, 0.05) is 5.88 Å². The molecule has 1 N–H and O–H groups in total. The fraction of sp³-hybridized carbons (Fsp3) is 0.455. The third-order valence-corrected chi connectivity index (χ3v) is 3.53. The highest BCUT2D eigenvalue weighted by atomic mass is 35.5. The van der Waals surface area contributed by atoms with E-state index in [0.717, 1.165) is 11.3 Å². The van der Waals surface area contributed by atoms with Crippen molar-refractivity contribution in [3.05, 3.63) is 29.8 Å². The number of hydrogen-bond donors (Lipinski definition) is 1. The first-order chi connectivity index (χ1) is 7.67. The minimum atomic E-state index is -1.83. The fourth-order valence-corrected chi connectivity index (χ4v) is 2.47. The third kappa shape index (κ3) is 4.12. The summed E-state index contributed by atoms with van der Waals surface area (Å²) in [6.07, 6.45) is 1.09. The van der Waals surface area contributed by atoms with Crippen molar-refractivity contribution in [3.63, 3.8) is 0 Å².